The maximum atomic E-state index is 17.3. The molecular weight excluding hydrogens is 594 g/mol. The second kappa shape index (κ2) is 11.3. The van der Waals surface area contributed by atoms with Crippen molar-refractivity contribution < 1.29 is 28.5 Å². The van der Waals surface area contributed by atoms with E-state index in [2.05, 4.69) is 15.0 Å². The number of anilines is 1. The minimum Gasteiger partial charge on any atom is -0.508 e. The maximum Gasteiger partial charge on any atom is 0.319 e. The largest absolute Gasteiger partial charge is 0.508 e. The zero-order valence-electron chi connectivity index (χ0n) is 26.5. The predicted molar refractivity (Wildman–Crippen MR) is 172 cm³/mol. The zero-order valence-corrected chi connectivity index (χ0v) is 26.5. The molecular formula is C34H38F2N6O4. The highest BCUT2D eigenvalue weighted by molar-refractivity contribution is 6.07. The molecule has 242 valence electrons. The highest BCUT2D eigenvalue weighted by Gasteiger charge is 2.44. The number of halogens is 2. The zero-order chi connectivity index (χ0) is 32.4. The number of benzene rings is 2. The van der Waals surface area contributed by atoms with Crippen molar-refractivity contribution in [2.45, 2.75) is 38.7 Å². The molecule has 0 spiro atoms. The van der Waals surface area contributed by atoms with Gasteiger partial charge in [-0.2, -0.15) is 15.1 Å². The SMILES string of the molecule is CCc1c(F)ccc2cc(O)cc(-c3c(F)c4nc(OCC5(CN(C)C)CC5)nc(N5CCOC[C@@](C)(O)C5)c4c4ccnn34)c12. The van der Waals surface area contributed by atoms with Crippen molar-refractivity contribution >= 4 is 33.0 Å². The number of rotatable bonds is 8. The number of fused-ring (bicyclic) bond motifs is 4. The van der Waals surface area contributed by atoms with Crippen molar-refractivity contribution in [1.82, 2.24) is 24.5 Å². The highest BCUT2D eigenvalue weighted by Crippen LogP contribution is 2.47. The van der Waals surface area contributed by atoms with E-state index in [0.29, 0.717) is 59.2 Å². The van der Waals surface area contributed by atoms with Gasteiger partial charge in [-0.3, -0.25) is 0 Å². The molecule has 7 rings (SSSR count). The first-order chi connectivity index (χ1) is 22.0. The highest BCUT2D eigenvalue weighted by atomic mass is 19.1. The van der Waals surface area contributed by atoms with Gasteiger partial charge in [0.05, 0.1) is 43.5 Å². The van der Waals surface area contributed by atoms with Gasteiger partial charge in [0, 0.05) is 24.1 Å². The standard InChI is InChI=1S/C34H38F2N6O4/c1-5-22-24(35)7-6-20-14-21(43)15-23(26(20)22)30-28(36)29-27(25-8-11-37-42(25)30)31(41-12-13-45-18-33(2,44)16-41)39-32(38-29)46-19-34(9-10-34)17-40(3)4/h6-8,11,14-15,43-44H,5,9-10,12-13,16-19H2,1-4H3/t33-/m0/s1. The van der Waals surface area contributed by atoms with E-state index in [-0.39, 0.29) is 47.1 Å². The molecule has 3 aromatic heterocycles. The number of phenolic OH excluding ortho intramolecular Hbond substituents is 1. The van der Waals surface area contributed by atoms with Crippen LogP contribution in [0.1, 0.15) is 32.3 Å². The number of β-amino-alcohol motifs (C(OH)–C–C–N with tert-alkyl or cyclic N) is 1. The van der Waals surface area contributed by atoms with Crippen LogP contribution in [-0.4, -0.2) is 93.8 Å². The van der Waals surface area contributed by atoms with Gasteiger partial charge in [-0.25, -0.2) is 13.3 Å². The third-order valence-electron chi connectivity index (χ3n) is 9.02. The van der Waals surface area contributed by atoms with Crippen molar-refractivity contribution in [1.29, 1.82) is 0 Å². The van der Waals surface area contributed by atoms with Gasteiger partial charge in [0.1, 0.15) is 34.2 Å². The van der Waals surface area contributed by atoms with Crippen LogP contribution in [-0.2, 0) is 11.2 Å². The number of hydrogen-bond donors (Lipinski definition) is 2. The Kier molecular flexibility index (Phi) is 7.49. The Bertz CT molecular complexity index is 1970. The fraction of sp³-hybridized carbons (Fsp3) is 0.441. The quantitative estimate of drug-likeness (QED) is 0.246. The van der Waals surface area contributed by atoms with Crippen molar-refractivity contribution in [3.63, 3.8) is 0 Å². The van der Waals surface area contributed by atoms with Crippen LogP contribution in [0.15, 0.2) is 36.5 Å². The fourth-order valence-corrected chi connectivity index (χ4v) is 6.85. The summed E-state index contributed by atoms with van der Waals surface area (Å²) >= 11 is 0. The molecule has 2 aromatic carbocycles. The summed E-state index contributed by atoms with van der Waals surface area (Å²) in [6, 6.07) is 7.68. The van der Waals surface area contributed by atoms with Crippen LogP contribution >= 0.6 is 0 Å². The van der Waals surface area contributed by atoms with Crippen LogP contribution in [0, 0.1) is 17.0 Å². The van der Waals surface area contributed by atoms with Crippen LogP contribution in [0.2, 0.25) is 0 Å². The van der Waals surface area contributed by atoms with Gasteiger partial charge in [0.15, 0.2) is 5.82 Å². The molecule has 2 fully saturated rings. The molecule has 0 bridgehead atoms. The summed E-state index contributed by atoms with van der Waals surface area (Å²) < 4.78 is 45.8. The molecule has 1 aliphatic heterocycles. The van der Waals surface area contributed by atoms with E-state index in [1.54, 1.807) is 25.3 Å². The Morgan fingerprint density at radius 3 is 2.65 bits per heavy atom. The fourth-order valence-electron chi connectivity index (χ4n) is 6.85. The molecule has 1 saturated carbocycles. The number of pyridine rings is 1. The molecule has 46 heavy (non-hydrogen) atoms. The minimum atomic E-state index is -1.19. The van der Waals surface area contributed by atoms with Crippen LogP contribution in [0.4, 0.5) is 14.6 Å². The van der Waals surface area contributed by atoms with Crippen molar-refractivity contribution in [3.8, 4) is 23.0 Å². The number of hydrogen-bond acceptors (Lipinski definition) is 9. The molecule has 4 heterocycles. The monoisotopic (exact) mass is 632 g/mol. The van der Waals surface area contributed by atoms with Crippen molar-refractivity contribution in [3.05, 3.63) is 53.7 Å². The molecule has 0 unspecified atom stereocenters. The Morgan fingerprint density at radius 2 is 1.91 bits per heavy atom. The number of aryl methyl sites for hydroxylation is 1. The summed E-state index contributed by atoms with van der Waals surface area (Å²) in [6.45, 7) is 5.79. The normalized spacial score (nSPS) is 19.8. The first kappa shape index (κ1) is 30.5. The van der Waals surface area contributed by atoms with E-state index < -0.39 is 17.2 Å². The molecule has 2 aliphatic rings. The summed E-state index contributed by atoms with van der Waals surface area (Å²) in [5.74, 6) is -0.835. The minimum absolute atomic E-state index is 0.00351. The Hall–Kier alpha value is -4.13. The predicted octanol–water partition coefficient (Wildman–Crippen LogP) is 4.95. The number of nitrogens with zero attached hydrogens (tertiary/aromatic N) is 6. The average molecular weight is 633 g/mol. The average Bonchev–Trinajstić information content (AvgIpc) is 3.64. The molecule has 12 heteroatoms. The maximum absolute atomic E-state index is 17.3. The van der Waals surface area contributed by atoms with Gasteiger partial charge in [-0.05, 0) is 80.9 Å². The first-order valence-electron chi connectivity index (χ1n) is 15.6. The molecule has 5 aromatic rings. The summed E-state index contributed by atoms with van der Waals surface area (Å²) in [5.41, 5.74) is 0.0166. The lowest BCUT2D eigenvalue weighted by molar-refractivity contribution is -0.0123. The van der Waals surface area contributed by atoms with Crippen molar-refractivity contribution in [2.75, 3.05) is 58.5 Å². The second-order valence-electron chi connectivity index (χ2n) is 13.3. The van der Waals surface area contributed by atoms with Gasteiger partial charge in [-0.1, -0.05) is 13.0 Å². The van der Waals surface area contributed by atoms with Crippen LogP contribution < -0.4 is 9.64 Å². The summed E-state index contributed by atoms with van der Waals surface area (Å²) in [6.07, 6.45) is 3.92. The number of ether oxygens (including phenoxy) is 2. The number of aromatic hydroxyl groups is 1. The first-order valence-corrected chi connectivity index (χ1v) is 15.6. The van der Waals surface area contributed by atoms with E-state index >= 15 is 8.78 Å². The lowest BCUT2D eigenvalue weighted by Crippen LogP contribution is -2.42. The lowest BCUT2D eigenvalue weighted by atomic mass is 9.94. The number of aromatic nitrogens is 4. The van der Waals surface area contributed by atoms with Crippen molar-refractivity contribution in [2.24, 2.45) is 5.41 Å². The summed E-state index contributed by atoms with van der Waals surface area (Å²) in [5, 5.41) is 27.8. The summed E-state index contributed by atoms with van der Waals surface area (Å²) in [7, 11) is 4.04. The van der Waals surface area contributed by atoms with E-state index in [9.17, 15) is 10.2 Å². The van der Waals surface area contributed by atoms with Gasteiger partial charge in [-0.15, -0.1) is 0 Å². The van der Waals surface area contributed by atoms with E-state index in [1.807, 2.05) is 25.9 Å². The second-order valence-corrected chi connectivity index (χ2v) is 13.3. The molecule has 0 radical (unpaired) electrons. The molecule has 2 N–H and O–H groups in total. The van der Waals surface area contributed by atoms with Gasteiger partial charge in [0.25, 0.3) is 0 Å². The third kappa shape index (κ3) is 5.37. The third-order valence-corrected chi connectivity index (χ3v) is 9.02. The summed E-state index contributed by atoms with van der Waals surface area (Å²) in [4.78, 5) is 13.5. The van der Waals surface area contributed by atoms with Gasteiger partial charge < -0.3 is 29.5 Å². The molecule has 10 nitrogen and oxygen atoms in total. The Labute approximate surface area is 265 Å². The van der Waals surface area contributed by atoms with Crippen LogP contribution in [0.3, 0.4) is 0 Å². The Balaban J connectivity index is 1.50. The van der Waals surface area contributed by atoms with Crippen LogP contribution in [0.5, 0.6) is 11.8 Å². The van der Waals surface area contributed by atoms with E-state index in [1.165, 1.54) is 22.7 Å². The van der Waals surface area contributed by atoms with Gasteiger partial charge >= 0.3 is 6.01 Å². The smallest absolute Gasteiger partial charge is 0.319 e. The number of phenols is 1. The van der Waals surface area contributed by atoms with Gasteiger partial charge in [0.2, 0.25) is 0 Å². The molecule has 1 atom stereocenters. The number of aliphatic hydroxyl groups is 1. The molecule has 1 saturated heterocycles. The Morgan fingerprint density at radius 1 is 1.11 bits per heavy atom. The van der Waals surface area contributed by atoms with E-state index in [0.717, 1.165) is 19.4 Å². The topological polar surface area (TPSA) is 108 Å². The van der Waals surface area contributed by atoms with Crippen LogP contribution in [0.25, 0.3) is 38.4 Å². The molecule has 1 aliphatic carbocycles. The molecule has 0 amide bonds. The van der Waals surface area contributed by atoms with E-state index in [4.69, 9.17) is 14.5 Å². The lowest BCUT2D eigenvalue weighted by Gasteiger charge is -2.29.